The molecule has 4 rings (SSSR count). The van der Waals surface area contributed by atoms with E-state index in [-0.39, 0.29) is 36.5 Å². The molecule has 0 radical (unpaired) electrons. The number of allylic oxidation sites excluding steroid dienone is 3. The first-order valence-electron chi connectivity index (χ1n) is 8.84. The molecule has 2 fully saturated rings. The van der Waals surface area contributed by atoms with Crippen molar-refractivity contribution in [1.82, 2.24) is 0 Å². The number of carbonyl (C=O) groups excluding carboxylic acids is 2. The number of carbonyl (C=O) groups is 2. The summed E-state index contributed by atoms with van der Waals surface area (Å²) in [7, 11) is 0. The van der Waals surface area contributed by atoms with Crippen molar-refractivity contribution in [3.05, 3.63) is 23.8 Å². The van der Waals surface area contributed by atoms with Crippen LogP contribution in [0.2, 0.25) is 0 Å². The number of fused-ring (bicyclic) bond motifs is 4. The van der Waals surface area contributed by atoms with E-state index in [9.17, 15) is 9.59 Å². The average Bonchev–Trinajstić information content (AvgIpc) is 3.31. The van der Waals surface area contributed by atoms with Crippen molar-refractivity contribution in [3.8, 4) is 0 Å². The smallest absolute Gasteiger partial charge is 0.313 e. The van der Waals surface area contributed by atoms with Crippen LogP contribution in [0.25, 0.3) is 0 Å². The first-order chi connectivity index (χ1) is 11.1. The SMILES string of the molecule is CC(COC(=O)C1CC2C=CC1C2)OC(=O)C1CC2CC=C1C2. The second-order valence-corrected chi connectivity index (χ2v) is 7.64. The van der Waals surface area contributed by atoms with Gasteiger partial charge in [0.05, 0.1) is 11.8 Å². The molecule has 0 aromatic carbocycles. The Bertz CT molecular complexity index is 576. The molecule has 0 aromatic heterocycles. The van der Waals surface area contributed by atoms with Crippen LogP contribution in [0, 0.1) is 29.6 Å². The van der Waals surface area contributed by atoms with Crippen molar-refractivity contribution in [2.24, 2.45) is 29.6 Å². The van der Waals surface area contributed by atoms with Gasteiger partial charge in [0.2, 0.25) is 0 Å². The minimum Gasteiger partial charge on any atom is -0.462 e. The Morgan fingerprint density at radius 1 is 1.22 bits per heavy atom. The van der Waals surface area contributed by atoms with E-state index in [1.165, 1.54) is 5.57 Å². The van der Waals surface area contributed by atoms with Crippen LogP contribution in [-0.4, -0.2) is 24.6 Å². The monoisotopic (exact) mass is 316 g/mol. The summed E-state index contributed by atoms with van der Waals surface area (Å²) in [6.07, 6.45) is 11.3. The van der Waals surface area contributed by atoms with Crippen LogP contribution in [0.15, 0.2) is 23.8 Å². The van der Waals surface area contributed by atoms with Crippen LogP contribution in [0.3, 0.4) is 0 Å². The average molecular weight is 316 g/mol. The Kier molecular flexibility index (Phi) is 3.78. The Hall–Kier alpha value is -1.58. The summed E-state index contributed by atoms with van der Waals surface area (Å²) in [6.45, 7) is 1.96. The molecule has 0 N–H and O–H groups in total. The highest BCUT2D eigenvalue weighted by atomic mass is 16.6. The molecule has 0 saturated heterocycles. The normalized spacial score (nSPS) is 37.8. The maximum atomic E-state index is 12.2. The zero-order valence-electron chi connectivity index (χ0n) is 13.6. The number of ether oxygens (including phenoxy) is 2. The van der Waals surface area contributed by atoms with Gasteiger partial charge in [0, 0.05) is 0 Å². The lowest BCUT2D eigenvalue weighted by atomic mass is 9.94. The minimum atomic E-state index is -0.375. The van der Waals surface area contributed by atoms with Gasteiger partial charge in [-0.15, -0.1) is 0 Å². The summed E-state index contributed by atoms with van der Waals surface area (Å²) in [5, 5.41) is 0. The Morgan fingerprint density at radius 2 is 2.09 bits per heavy atom. The second-order valence-electron chi connectivity index (χ2n) is 7.64. The zero-order chi connectivity index (χ0) is 16.0. The van der Waals surface area contributed by atoms with Crippen LogP contribution >= 0.6 is 0 Å². The van der Waals surface area contributed by atoms with Gasteiger partial charge in [-0.05, 0) is 56.8 Å². The van der Waals surface area contributed by atoms with Gasteiger partial charge in [-0.1, -0.05) is 23.8 Å². The van der Waals surface area contributed by atoms with Crippen molar-refractivity contribution in [2.75, 3.05) is 6.61 Å². The van der Waals surface area contributed by atoms with Crippen molar-refractivity contribution < 1.29 is 19.1 Å². The van der Waals surface area contributed by atoms with E-state index in [0.29, 0.717) is 17.8 Å². The predicted molar refractivity (Wildman–Crippen MR) is 84.3 cm³/mol. The van der Waals surface area contributed by atoms with Crippen molar-refractivity contribution >= 4 is 11.9 Å². The first-order valence-corrected chi connectivity index (χ1v) is 8.84. The van der Waals surface area contributed by atoms with Gasteiger partial charge in [-0.3, -0.25) is 9.59 Å². The standard InChI is InChI=1S/C19H24O4/c1-11(23-19(21)17-9-13-3-5-15(17)7-13)10-22-18(20)16-8-12-2-4-14(16)6-12/h2,4-5,11-14,16-17H,3,6-10H2,1H3. The first kappa shape index (κ1) is 15.0. The molecular formula is C19H24O4. The highest BCUT2D eigenvalue weighted by Gasteiger charge is 2.41. The highest BCUT2D eigenvalue weighted by Crippen LogP contribution is 2.45. The predicted octanol–water partition coefficient (Wildman–Crippen LogP) is 3.03. The molecule has 0 heterocycles. The van der Waals surface area contributed by atoms with E-state index in [0.717, 1.165) is 32.1 Å². The molecule has 6 unspecified atom stereocenters. The van der Waals surface area contributed by atoms with Gasteiger partial charge >= 0.3 is 11.9 Å². The lowest BCUT2D eigenvalue weighted by molar-refractivity contribution is -0.162. The third-order valence-electron chi connectivity index (χ3n) is 5.90. The summed E-state index contributed by atoms with van der Waals surface area (Å²) in [4.78, 5) is 24.4. The summed E-state index contributed by atoms with van der Waals surface area (Å²) in [5.74, 6) is 1.22. The van der Waals surface area contributed by atoms with E-state index in [1.807, 2.05) is 0 Å². The maximum Gasteiger partial charge on any atom is 0.313 e. The third-order valence-corrected chi connectivity index (χ3v) is 5.90. The van der Waals surface area contributed by atoms with Crippen LogP contribution in [0.5, 0.6) is 0 Å². The fourth-order valence-electron chi connectivity index (χ4n) is 4.69. The Labute approximate surface area is 136 Å². The molecule has 4 aliphatic rings. The molecule has 0 aromatic rings. The summed E-state index contributed by atoms with van der Waals surface area (Å²) >= 11 is 0. The number of rotatable bonds is 5. The molecule has 4 nitrogen and oxygen atoms in total. The van der Waals surface area contributed by atoms with Crippen molar-refractivity contribution in [1.29, 1.82) is 0 Å². The van der Waals surface area contributed by atoms with E-state index in [1.54, 1.807) is 6.92 Å². The zero-order valence-corrected chi connectivity index (χ0v) is 13.6. The molecule has 4 heteroatoms. The number of hydrogen-bond acceptors (Lipinski definition) is 4. The van der Waals surface area contributed by atoms with Gasteiger partial charge < -0.3 is 9.47 Å². The highest BCUT2D eigenvalue weighted by molar-refractivity contribution is 5.77. The quantitative estimate of drug-likeness (QED) is 0.578. The Morgan fingerprint density at radius 3 is 2.70 bits per heavy atom. The third kappa shape index (κ3) is 2.84. The molecule has 0 amide bonds. The van der Waals surface area contributed by atoms with E-state index < -0.39 is 0 Å². The summed E-state index contributed by atoms with van der Waals surface area (Å²) in [6, 6.07) is 0. The van der Waals surface area contributed by atoms with Crippen molar-refractivity contribution in [2.45, 2.75) is 45.1 Å². The second kappa shape index (κ2) is 5.81. The maximum absolute atomic E-state index is 12.2. The van der Waals surface area contributed by atoms with Crippen LogP contribution < -0.4 is 0 Å². The van der Waals surface area contributed by atoms with Gasteiger partial charge in [-0.25, -0.2) is 0 Å². The number of hydrogen-bond donors (Lipinski definition) is 0. The molecule has 4 bridgehead atoms. The van der Waals surface area contributed by atoms with Gasteiger partial charge in [0.25, 0.3) is 0 Å². The van der Waals surface area contributed by atoms with E-state index in [2.05, 4.69) is 18.2 Å². The fraction of sp³-hybridized carbons (Fsp3) is 0.684. The number of esters is 2. The van der Waals surface area contributed by atoms with E-state index >= 15 is 0 Å². The van der Waals surface area contributed by atoms with E-state index in [4.69, 9.17) is 9.47 Å². The van der Waals surface area contributed by atoms with Crippen LogP contribution in [0.4, 0.5) is 0 Å². The minimum absolute atomic E-state index is 0.00336. The molecular weight excluding hydrogens is 292 g/mol. The largest absolute Gasteiger partial charge is 0.462 e. The Balaban J connectivity index is 1.23. The lowest BCUT2D eigenvalue weighted by Gasteiger charge is -2.21. The molecule has 2 saturated carbocycles. The molecule has 23 heavy (non-hydrogen) atoms. The van der Waals surface area contributed by atoms with Crippen LogP contribution in [-0.2, 0) is 19.1 Å². The summed E-state index contributed by atoms with van der Waals surface area (Å²) < 4.78 is 10.9. The molecule has 4 aliphatic carbocycles. The van der Waals surface area contributed by atoms with Gasteiger partial charge in [0.15, 0.2) is 0 Å². The molecule has 0 aliphatic heterocycles. The van der Waals surface area contributed by atoms with Crippen LogP contribution in [0.1, 0.15) is 39.0 Å². The topological polar surface area (TPSA) is 52.6 Å². The lowest BCUT2D eigenvalue weighted by Crippen LogP contribution is -2.29. The van der Waals surface area contributed by atoms with Gasteiger partial charge in [-0.2, -0.15) is 0 Å². The molecule has 6 atom stereocenters. The van der Waals surface area contributed by atoms with Gasteiger partial charge in [0.1, 0.15) is 12.7 Å². The fourth-order valence-corrected chi connectivity index (χ4v) is 4.69. The molecule has 124 valence electrons. The summed E-state index contributed by atoms with van der Waals surface area (Å²) in [5.41, 5.74) is 1.25. The molecule has 0 spiro atoms. The van der Waals surface area contributed by atoms with Crippen molar-refractivity contribution in [3.63, 3.8) is 0 Å².